The standard InChI is InChI=1S/C13H14N2O3/c1-8-4-3-5-10(6-8)18-7-11-12(13(16)17)9(2)14-15-11/h3-6H,7H2,1-2H3,(H,14,15)(H,16,17). The fraction of sp³-hybridized carbons (Fsp3) is 0.231. The zero-order chi connectivity index (χ0) is 13.1. The summed E-state index contributed by atoms with van der Waals surface area (Å²) in [7, 11) is 0. The first-order valence-corrected chi connectivity index (χ1v) is 5.54. The molecule has 0 saturated carbocycles. The predicted molar refractivity (Wildman–Crippen MR) is 65.8 cm³/mol. The molecule has 2 rings (SSSR count). The van der Waals surface area contributed by atoms with Gasteiger partial charge in [0.15, 0.2) is 0 Å². The van der Waals surface area contributed by atoms with Gasteiger partial charge in [0.05, 0.1) is 0 Å². The molecule has 2 aromatic rings. The van der Waals surface area contributed by atoms with E-state index in [0.29, 0.717) is 17.1 Å². The number of carbonyl (C=O) groups is 1. The van der Waals surface area contributed by atoms with E-state index in [1.165, 1.54) is 0 Å². The van der Waals surface area contributed by atoms with Crippen LogP contribution in [0.1, 0.15) is 27.3 Å². The van der Waals surface area contributed by atoms with E-state index >= 15 is 0 Å². The number of nitrogens with one attached hydrogen (secondary N) is 1. The van der Waals surface area contributed by atoms with Crippen LogP contribution < -0.4 is 4.74 Å². The van der Waals surface area contributed by atoms with E-state index in [0.717, 1.165) is 5.56 Å². The Bertz CT molecular complexity index is 575. The number of H-pyrrole nitrogens is 1. The van der Waals surface area contributed by atoms with Crippen LogP contribution in [0, 0.1) is 13.8 Å². The molecule has 0 aliphatic rings. The molecule has 1 heterocycles. The fourth-order valence-corrected chi connectivity index (χ4v) is 1.72. The number of aromatic carboxylic acids is 1. The van der Waals surface area contributed by atoms with Crippen LogP contribution in [0.25, 0.3) is 0 Å². The summed E-state index contributed by atoms with van der Waals surface area (Å²) < 4.78 is 5.53. The lowest BCUT2D eigenvalue weighted by atomic mass is 10.2. The van der Waals surface area contributed by atoms with E-state index in [-0.39, 0.29) is 12.2 Å². The van der Waals surface area contributed by atoms with Crippen LogP contribution in [0.2, 0.25) is 0 Å². The molecule has 0 fully saturated rings. The number of rotatable bonds is 4. The van der Waals surface area contributed by atoms with Gasteiger partial charge in [-0.3, -0.25) is 5.10 Å². The lowest BCUT2D eigenvalue weighted by Gasteiger charge is -2.05. The Morgan fingerprint density at radius 1 is 1.44 bits per heavy atom. The predicted octanol–water partition coefficient (Wildman–Crippen LogP) is 2.30. The lowest BCUT2D eigenvalue weighted by Crippen LogP contribution is -2.05. The van der Waals surface area contributed by atoms with Gasteiger partial charge in [0, 0.05) is 5.69 Å². The topological polar surface area (TPSA) is 75.2 Å². The van der Waals surface area contributed by atoms with Gasteiger partial charge in [-0.25, -0.2) is 4.79 Å². The van der Waals surface area contributed by atoms with Crippen molar-refractivity contribution in [2.24, 2.45) is 0 Å². The number of aromatic amines is 1. The van der Waals surface area contributed by atoms with E-state index in [9.17, 15) is 4.79 Å². The van der Waals surface area contributed by atoms with E-state index < -0.39 is 5.97 Å². The van der Waals surface area contributed by atoms with Crippen LogP contribution in [0.4, 0.5) is 0 Å². The SMILES string of the molecule is Cc1cccc(OCc2n[nH]c(C)c2C(=O)O)c1. The van der Waals surface area contributed by atoms with Gasteiger partial charge in [-0.05, 0) is 31.5 Å². The number of hydrogen-bond donors (Lipinski definition) is 2. The second-order valence-corrected chi connectivity index (χ2v) is 4.08. The summed E-state index contributed by atoms with van der Waals surface area (Å²) >= 11 is 0. The molecular weight excluding hydrogens is 232 g/mol. The fourth-order valence-electron chi connectivity index (χ4n) is 1.72. The summed E-state index contributed by atoms with van der Waals surface area (Å²) in [6.07, 6.45) is 0. The molecule has 5 heteroatoms. The van der Waals surface area contributed by atoms with Gasteiger partial charge in [-0.15, -0.1) is 0 Å². The number of aryl methyl sites for hydroxylation is 2. The number of carboxylic acid groups (broad SMARTS) is 1. The minimum atomic E-state index is -0.996. The lowest BCUT2D eigenvalue weighted by molar-refractivity contribution is 0.0693. The Labute approximate surface area is 104 Å². The molecule has 0 aliphatic carbocycles. The second kappa shape index (κ2) is 4.91. The van der Waals surface area contributed by atoms with Crippen molar-refractivity contribution in [3.63, 3.8) is 0 Å². The molecule has 0 bridgehead atoms. The second-order valence-electron chi connectivity index (χ2n) is 4.08. The maximum atomic E-state index is 11.1. The van der Waals surface area contributed by atoms with Crippen molar-refractivity contribution in [2.45, 2.75) is 20.5 Å². The monoisotopic (exact) mass is 246 g/mol. The molecule has 0 atom stereocenters. The number of carboxylic acids is 1. The normalized spacial score (nSPS) is 10.3. The molecule has 0 saturated heterocycles. The first-order chi connectivity index (χ1) is 8.58. The largest absolute Gasteiger partial charge is 0.487 e. The first-order valence-electron chi connectivity index (χ1n) is 5.54. The Morgan fingerprint density at radius 3 is 2.89 bits per heavy atom. The highest BCUT2D eigenvalue weighted by Crippen LogP contribution is 2.16. The molecule has 0 unspecified atom stereocenters. The van der Waals surface area contributed by atoms with E-state index in [4.69, 9.17) is 9.84 Å². The molecule has 0 amide bonds. The molecule has 0 spiro atoms. The van der Waals surface area contributed by atoms with Gasteiger partial charge in [0.1, 0.15) is 23.6 Å². The van der Waals surface area contributed by atoms with Crippen molar-refractivity contribution in [2.75, 3.05) is 0 Å². The molecular formula is C13H14N2O3. The number of ether oxygens (including phenoxy) is 1. The summed E-state index contributed by atoms with van der Waals surface area (Å²) in [6.45, 7) is 3.77. The number of hydrogen-bond acceptors (Lipinski definition) is 3. The van der Waals surface area contributed by atoms with Crippen LogP contribution in [-0.4, -0.2) is 21.3 Å². The van der Waals surface area contributed by atoms with Crippen molar-refractivity contribution >= 4 is 5.97 Å². The van der Waals surface area contributed by atoms with Gasteiger partial charge in [0.25, 0.3) is 0 Å². The molecule has 18 heavy (non-hydrogen) atoms. The average Bonchev–Trinajstić information content (AvgIpc) is 2.68. The summed E-state index contributed by atoms with van der Waals surface area (Å²) in [6, 6.07) is 7.57. The Morgan fingerprint density at radius 2 is 2.22 bits per heavy atom. The van der Waals surface area contributed by atoms with Gasteiger partial charge in [-0.2, -0.15) is 5.10 Å². The molecule has 5 nitrogen and oxygen atoms in total. The average molecular weight is 246 g/mol. The highest BCUT2D eigenvalue weighted by atomic mass is 16.5. The smallest absolute Gasteiger partial charge is 0.339 e. The van der Waals surface area contributed by atoms with Crippen molar-refractivity contribution in [1.82, 2.24) is 10.2 Å². The van der Waals surface area contributed by atoms with E-state index in [2.05, 4.69) is 10.2 Å². The van der Waals surface area contributed by atoms with Gasteiger partial charge in [-0.1, -0.05) is 12.1 Å². The first kappa shape index (κ1) is 12.2. The van der Waals surface area contributed by atoms with Gasteiger partial charge < -0.3 is 9.84 Å². The van der Waals surface area contributed by atoms with Crippen molar-refractivity contribution in [3.05, 3.63) is 46.8 Å². The van der Waals surface area contributed by atoms with E-state index in [1.807, 2.05) is 31.2 Å². The summed E-state index contributed by atoms with van der Waals surface area (Å²) in [4.78, 5) is 11.1. The van der Waals surface area contributed by atoms with Crippen molar-refractivity contribution < 1.29 is 14.6 Å². The summed E-state index contributed by atoms with van der Waals surface area (Å²) in [5.74, 6) is -0.295. The maximum absolute atomic E-state index is 11.1. The third-order valence-corrected chi connectivity index (χ3v) is 2.60. The Kier molecular flexibility index (Phi) is 3.32. The van der Waals surface area contributed by atoms with Crippen LogP contribution >= 0.6 is 0 Å². The quantitative estimate of drug-likeness (QED) is 0.868. The molecule has 94 valence electrons. The molecule has 2 N–H and O–H groups in total. The van der Waals surface area contributed by atoms with Crippen LogP contribution in [0.5, 0.6) is 5.75 Å². The van der Waals surface area contributed by atoms with Crippen LogP contribution in [-0.2, 0) is 6.61 Å². The van der Waals surface area contributed by atoms with Crippen LogP contribution in [0.15, 0.2) is 24.3 Å². The van der Waals surface area contributed by atoms with Crippen LogP contribution in [0.3, 0.4) is 0 Å². The zero-order valence-electron chi connectivity index (χ0n) is 10.2. The molecule has 0 radical (unpaired) electrons. The zero-order valence-corrected chi connectivity index (χ0v) is 10.2. The Balaban J connectivity index is 2.13. The van der Waals surface area contributed by atoms with Gasteiger partial charge in [0.2, 0.25) is 0 Å². The minimum absolute atomic E-state index is 0.134. The van der Waals surface area contributed by atoms with E-state index in [1.54, 1.807) is 6.92 Å². The highest BCUT2D eigenvalue weighted by Gasteiger charge is 2.17. The van der Waals surface area contributed by atoms with Crippen molar-refractivity contribution in [1.29, 1.82) is 0 Å². The maximum Gasteiger partial charge on any atom is 0.339 e. The molecule has 1 aromatic heterocycles. The third kappa shape index (κ3) is 2.51. The van der Waals surface area contributed by atoms with Gasteiger partial charge >= 0.3 is 5.97 Å². The highest BCUT2D eigenvalue weighted by molar-refractivity contribution is 5.90. The molecule has 0 aliphatic heterocycles. The number of benzene rings is 1. The minimum Gasteiger partial charge on any atom is -0.487 e. The number of nitrogens with zero attached hydrogens (tertiary/aromatic N) is 1. The third-order valence-electron chi connectivity index (χ3n) is 2.60. The summed E-state index contributed by atoms with van der Waals surface area (Å²) in [5.41, 5.74) is 2.21. The number of aromatic nitrogens is 2. The Hall–Kier alpha value is -2.30. The summed E-state index contributed by atoms with van der Waals surface area (Å²) in [5, 5.41) is 15.7. The molecule has 1 aromatic carbocycles. The van der Waals surface area contributed by atoms with Crippen molar-refractivity contribution in [3.8, 4) is 5.75 Å².